The van der Waals surface area contributed by atoms with Gasteiger partial charge in [0.05, 0.1) is 0 Å². The van der Waals surface area contributed by atoms with Crippen molar-refractivity contribution >= 4 is 21.6 Å². The van der Waals surface area contributed by atoms with Crippen LogP contribution in [0.2, 0.25) is 0 Å². The van der Waals surface area contributed by atoms with Crippen LogP contribution in [0, 0.1) is 11.8 Å². The number of halogens is 1. The highest BCUT2D eigenvalue weighted by atomic mass is 79.9. The molecule has 0 saturated carbocycles. The van der Waals surface area contributed by atoms with Gasteiger partial charge in [-0.3, -0.25) is 0 Å². The summed E-state index contributed by atoms with van der Waals surface area (Å²) < 4.78 is 0. The molecule has 1 aromatic rings. The van der Waals surface area contributed by atoms with E-state index in [2.05, 4.69) is 72.1 Å². The Morgan fingerprint density at radius 1 is 1.20 bits per heavy atom. The number of anilines is 1. The SMILES string of the molecule is CC(C)C(CBr)CN(C)c1ccccc1. The van der Waals surface area contributed by atoms with E-state index in [1.807, 2.05) is 0 Å². The molecule has 1 atom stereocenters. The summed E-state index contributed by atoms with van der Waals surface area (Å²) in [6, 6.07) is 10.5. The molecule has 0 fully saturated rings. The van der Waals surface area contributed by atoms with E-state index in [1.165, 1.54) is 5.69 Å². The molecule has 0 aromatic heterocycles. The van der Waals surface area contributed by atoms with E-state index >= 15 is 0 Å². The summed E-state index contributed by atoms with van der Waals surface area (Å²) in [5.74, 6) is 1.42. The summed E-state index contributed by atoms with van der Waals surface area (Å²) in [5, 5.41) is 1.07. The van der Waals surface area contributed by atoms with Crippen LogP contribution in [0.3, 0.4) is 0 Å². The van der Waals surface area contributed by atoms with Gasteiger partial charge >= 0.3 is 0 Å². The zero-order valence-electron chi connectivity index (χ0n) is 9.78. The number of alkyl halides is 1. The van der Waals surface area contributed by atoms with Gasteiger partial charge in [-0.25, -0.2) is 0 Å². The van der Waals surface area contributed by atoms with Crippen molar-refractivity contribution in [3.8, 4) is 0 Å². The Kier molecular flexibility index (Phi) is 5.16. The minimum atomic E-state index is 0.704. The van der Waals surface area contributed by atoms with Crippen LogP contribution in [0.1, 0.15) is 13.8 Å². The van der Waals surface area contributed by atoms with E-state index in [1.54, 1.807) is 0 Å². The van der Waals surface area contributed by atoms with E-state index in [0.717, 1.165) is 17.8 Å². The van der Waals surface area contributed by atoms with Crippen molar-refractivity contribution in [1.82, 2.24) is 0 Å². The number of hydrogen-bond donors (Lipinski definition) is 0. The Bertz CT molecular complexity index is 271. The van der Waals surface area contributed by atoms with Gasteiger partial charge in [-0.2, -0.15) is 0 Å². The third-order valence-corrected chi connectivity index (χ3v) is 3.68. The van der Waals surface area contributed by atoms with Crippen molar-refractivity contribution in [1.29, 1.82) is 0 Å². The highest BCUT2D eigenvalue weighted by molar-refractivity contribution is 9.09. The molecule has 0 aliphatic heterocycles. The van der Waals surface area contributed by atoms with Gasteiger partial charge in [0.2, 0.25) is 0 Å². The Balaban J connectivity index is 2.58. The molecule has 0 aliphatic carbocycles. The summed E-state index contributed by atoms with van der Waals surface area (Å²) in [6.07, 6.45) is 0. The van der Waals surface area contributed by atoms with E-state index < -0.39 is 0 Å². The van der Waals surface area contributed by atoms with Crippen LogP contribution in [-0.4, -0.2) is 18.9 Å². The fourth-order valence-electron chi connectivity index (χ4n) is 1.58. The Morgan fingerprint density at radius 3 is 2.27 bits per heavy atom. The quantitative estimate of drug-likeness (QED) is 0.736. The van der Waals surface area contributed by atoms with Crippen LogP contribution in [0.15, 0.2) is 30.3 Å². The molecule has 0 saturated heterocycles. The first-order valence-electron chi connectivity index (χ1n) is 5.47. The monoisotopic (exact) mass is 269 g/mol. The second kappa shape index (κ2) is 6.16. The first-order valence-corrected chi connectivity index (χ1v) is 6.59. The molecule has 0 heterocycles. The minimum Gasteiger partial charge on any atom is -0.374 e. The van der Waals surface area contributed by atoms with Gasteiger partial charge in [-0.05, 0) is 24.0 Å². The predicted molar refractivity (Wildman–Crippen MR) is 71.8 cm³/mol. The predicted octanol–water partition coefficient (Wildman–Crippen LogP) is 3.79. The minimum absolute atomic E-state index is 0.704. The lowest BCUT2D eigenvalue weighted by atomic mass is 9.97. The average Bonchev–Trinajstić information content (AvgIpc) is 2.26. The van der Waals surface area contributed by atoms with Gasteiger partial charge in [-0.1, -0.05) is 48.0 Å². The molecule has 84 valence electrons. The molecule has 0 aliphatic rings. The molecule has 0 radical (unpaired) electrons. The third kappa shape index (κ3) is 3.86. The molecule has 1 nitrogen and oxygen atoms in total. The zero-order chi connectivity index (χ0) is 11.3. The van der Waals surface area contributed by atoms with Crippen molar-refractivity contribution < 1.29 is 0 Å². The third-order valence-electron chi connectivity index (χ3n) is 2.85. The lowest BCUT2D eigenvalue weighted by Crippen LogP contribution is -2.29. The van der Waals surface area contributed by atoms with Gasteiger partial charge in [0.1, 0.15) is 0 Å². The highest BCUT2D eigenvalue weighted by Crippen LogP contribution is 2.18. The largest absolute Gasteiger partial charge is 0.374 e. The van der Waals surface area contributed by atoms with E-state index in [-0.39, 0.29) is 0 Å². The standard InChI is InChI=1S/C13H20BrN/c1-11(2)12(9-14)10-15(3)13-7-5-4-6-8-13/h4-8,11-12H,9-10H2,1-3H3. The number of para-hydroxylation sites is 1. The second-order valence-electron chi connectivity index (χ2n) is 4.37. The maximum Gasteiger partial charge on any atom is 0.0363 e. The maximum absolute atomic E-state index is 3.59. The Morgan fingerprint density at radius 2 is 1.80 bits per heavy atom. The van der Waals surface area contributed by atoms with Crippen LogP contribution in [0.5, 0.6) is 0 Å². The van der Waals surface area contributed by atoms with Crippen molar-refractivity contribution in [2.75, 3.05) is 23.8 Å². The van der Waals surface area contributed by atoms with E-state index in [0.29, 0.717) is 5.92 Å². The van der Waals surface area contributed by atoms with Crippen LogP contribution >= 0.6 is 15.9 Å². The second-order valence-corrected chi connectivity index (χ2v) is 5.02. The Hall–Kier alpha value is -0.500. The van der Waals surface area contributed by atoms with Crippen LogP contribution in [0.4, 0.5) is 5.69 Å². The van der Waals surface area contributed by atoms with E-state index in [4.69, 9.17) is 0 Å². The van der Waals surface area contributed by atoms with Crippen molar-refractivity contribution in [3.05, 3.63) is 30.3 Å². The molecule has 0 bridgehead atoms. The first kappa shape index (κ1) is 12.6. The van der Waals surface area contributed by atoms with Crippen LogP contribution in [-0.2, 0) is 0 Å². The molecule has 1 rings (SSSR count). The van der Waals surface area contributed by atoms with Crippen molar-refractivity contribution in [3.63, 3.8) is 0 Å². The number of hydrogen-bond acceptors (Lipinski definition) is 1. The average molecular weight is 270 g/mol. The molecular formula is C13H20BrN. The van der Waals surface area contributed by atoms with Crippen molar-refractivity contribution in [2.45, 2.75) is 13.8 Å². The summed E-state index contributed by atoms with van der Waals surface area (Å²) in [5.41, 5.74) is 1.30. The van der Waals surface area contributed by atoms with Gasteiger partial charge in [0.15, 0.2) is 0 Å². The van der Waals surface area contributed by atoms with Crippen molar-refractivity contribution in [2.24, 2.45) is 11.8 Å². The molecule has 0 amide bonds. The normalized spacial score (nSPS) is 12.9. The fraction of sp³-hybridized carbons (Fsp3) is 0.538. The topological polar surface area (TPSA) is 3.24 Å². The molecule has 0 N–H and O–H groups in total. The first-order chi connectivity index (χ1) is 7.15. The highest BCUT2D eigenvalue weighted by Gasteiger charge is 2.14. The van der Waals surface area contributed by atoms with Gasteiger partial charge in [-0.15, -0.1) is 0 Å². The van der Waals surface area contributed by atoms with Gasteiger partial charge < -0.3 is 4.90 Å². The zero-order valence-corrected chi connectivity index (χ0v) is 11.4. The molecule has 1 aromatic carbocycles. The molecule has 0 spiro atoms. The molecule has 15 heavy (non-hydrogen) atoms. The van der Waals surface area contributed by atoms with E-state index in [9.17, 15) is 0 Å². The summed E-state index contributed by atoms with van der Waals surface area (Å²) in [6.45, 7) is 5.67. The molecular weight excluding hydrogens is 250 g/mol. The number of rotatable bonds is 5. The fourth-order valence-corrected chi connectivity index (χ4v) is 2.53. The van der Waals surface area contributed by atoms with Gasteiger partial charge in [0, 0.05) is 24.6 Å². The summed E-state index contributed by atoms with van der Waals surface area (Å²) >= 11 is 3.59. The lowest BCUT2D eigenvalue weighted by molar-refractivity contribution is 0.432. The summed E-state index contributed by atoms with van der Waals surface area (Å²) in [7, 11) is 2.16. The number of benzene rings is 1. The van der Waals surface area contributed by atoms with Gasteiger partial charge in [0.25, 0.3) is 0 Å². The van der Waals surface area contributed by atoms with Crippen LogP contribution in [0.25, 0.3) is 0 Å². The Labute approximate surface area is 102 Å². The molecule has 1 unspecified atom stereocenters. The maximum atomic E-state index is 3.59. The summed E-state index contributed by atoms with van der Waals surface area (Å²) in [4.78, 5) is 2.33. The lowest BCUT2D eigenvalue weighted by Gasteiger charge is -2.27. The van der Waals surface area contributed by atoms with Crippen LogP contribution < -0.4 is 4.90 Å². The molecule has 2 heteroatoms. The smallest absolute Gasteiger partial charge is 0.0363 e. The number of nitrogens with zero attached hydrogens (tertiary/aromatic N) is 1.